The first-order valence-electron chi connectivity index (χ1n) is 8.96. The van der Waals surface area contributed by atoms with Gasteiger partial charge in [0.1, 0.15) is 23.3 Å². The first kappa shape index (κ1) is 19.3. The third-order valence-corrected chi connectivity index (χ3v) is 4.22. The Morgan fingerprint density at radius 3 is 2.32 bits per heavy atom. The summed E-state index contributed by atoms with van der Waals surface area (Å²) in [6.07, 6.45) is 1.62. The number of hydrogen-bond acceptors (Lipinski definition) is 4. The standard InChI is InChI=1S/C23H23NO4/c1-17(2)16-21(22-10-7-15-27-22)24(18-11-13-19(26-3)14-12-18)23(25)28-20-8-5-4-6-9-20/h4-15,21H,1,16H2,2-3H3. The molecule has 1 unspecified atom stereocenters. The fourth-order valence-electron chi connectivity index (χ4n) is 2.92. The SMILES string of the molecule is C=C(C)CC(c1ccco1)N(C(=O)Oc1ccccc1)c1ccc(OC)cc1. The molecule has 0 aliphatic rings. The van der Waals surface area contributed by atoms with Crippen molar-refractivity contribution in [1.29, 1.82) is 0 Å². The summed E-state index contributed by atoms with van der Waals surface area (Å²) in [5.74, 6) is 1.83. The van der Waals surface area contributed by atoms with E-state index >= 15 is 0 Å². The van der Waals surface area contributed by atoms with E-state index in [1.807, 2.05) is 43.3 Å². The van der Waals surface area contributed by atoms with Crippen LogP contribution in [0.15, 0.2) is 89.6 Å². The fourth-order valence-corrected chi connectivity index (χ4v) is 2.92. The smallest absolute Gasteiger partial charge is 0.420 e. The van der Waals surface area contributed by atoms with Crippen molar-refractivity contribution in [3.05, 3.63) is 90.9 Å². The highest BCUT2D eigenvalue weighted by molar-refractivity contribution is 5.90. The highest BCUT2D eigenvalue weighted by atomic mass is 16.6. The Hall–Kier alpha value is -3.47. The summed E-state index contributed by atoms with van der Waals surface area (Å²) in [6, 6.07) is 19.5. The van der Waals surface area contributed by atoms with E-state index in [4.69, 9.17) is 13.9 Å². The van der Waals surface area contributed by atoms with Gasteiger partial charge in [-0.2, -0.15) is 0 Å². The number of carbonyl (C=O) groups excluding carboxylic acids is 1. The summed E-state index contributed by atoms with van der Waals surface area (Å²) < 4.78 is 16.5. The van der Waals surface area contributed by atoms with Gasteiger partial charge in [-0.15, -0.1) is 6.58 Å². The van der Waals surface area contributed by atoms with E-state index in [2.05, 4.69) is 6.58 Å². The maximum absolute atomic E-state index is 13.2. The van der Waals surface area contributed by atoms with Crippen LogP contribution in [0.4, 0.5) is 10.5 Å². The van der Waals surface area contributed by atoms with Crippen molar-refractivity contribution in [2.24, 2.45) is 0 Å². The van der Waals surface area contributed by atoms with Crippen molar-refractivity contribution in [1.82, 2.24) is 0 Å². The first-order chi connectivity index (χ1) is 13.6. The molecule has 144 valence electrons. The molecule has 1 aromatic heterocycles. The van der Waals surface area contributed by atoms with E-state index < -0.39 is 12.1 Å². The maximum atomic E-state index is 13.2. The van der Waals surface area contributed by atoms with Crippen molar-refractivity contribution in [3.8, 4) is 11.5 Å². The van der Waals surface area contributed by atoms with E-state index in [9.17, 15) is 4.79 Å². The fraction of sp³-hybridized carbons (Fsp3) is 0.174. The largest absolute Gasteiger partial charge is 0.497 e. The minimum atomic E-state index is -0.501. The second kappa shape index (κ2) is 8.95. The molecule has 2 aromatic carbocycles. The summed E-state index contributed by atoms with van der Waals surface area (Å²) in [4.78, 5) is 14.8. The van der Waals surface area contributed by atoms with Crippen LogP contribution in [-0.2, 0) is 0 Å². The molecule has 1 atom stereocenters. The van der Waals surface area contributed by atoms with Gasteiger partial charge < -0.3 is 13.9 Å². The normalized spacial score (nSPS) is 11.5. The van der Waals surface area contributed by atoms with Crippen molar-refractivity contribution in [2.45, 2.75) is 19.4 Å². The molecule has 0 aliphatic carbocycles. The van der Waals surface area contributed by atoms with Gasteiger partial charge in [0.2, 0.25) is 0 Å². The number of para-hydroxylation sites is 1. The molecule has 0 bridgehead atoms. The number of nitrogens with zero attached hydrogens (tertiary/aromatic N) is 1. The van der Waals surface area contributed by atoms with Gasteiger partial charge in [0.15, 0.2) is 0 Å². The maximum Gasteiger partial charge on any atom is 0.420 e. The molecule has 5 heteroatoms. The first-order valence-corrected chi connectivity index (χ1v) is 8.96. The van der Waals surface area contributed by atoms with Crippen LogP contribution in [0.25, 0.3) is 0 Å². The Balaban J connectivity index is 2.00. The number of anilines is 1. The zero-order valence-electron chi connectivity index (χ0n) is 16.0. The average molecular weight is 377 g/mol. The van der Waals surface area contributed by atoms with Crippen LogP contribution in [0.5, 0.6) is 11.5 Å². The molecule has 0 saturated carbocycles. The molecule has 1 amide bonds. The number of furan rings is 1. The van der Waals surface area contributed by atoms with Crippen molar-refractivity contribution < 1.29 is 18.7 Å². The van der Waals surface area contributed by atoms with Crippen LogP contribution in [0.1, 0.15) is 25.1 Å². The third kappa shape index (κ3) is 4.62. The van der Waals surface area contributed by atoms with Crippen LogP contribution in [0.2, 0.25) is 0 Å². The van der Waals surface area contributed by atoms with Gasteiger partial charge in [0.25, 0.3) is 0 Å². The lowest BCUT2D eigenvalue weighted by atomic mass is 10.0. The van der Waals surface area contributed by atoms with E-state index in [1.54, 1.807) is 48.6 Å². The van der Waals surface area contributed by atoms with Crippen LogP contribution in [0.3, 0.4) is 0 Å². The van der Waals surface area contributed by atoms with Gasteiger partial charge in [0.05, 0.1) is 13.4 Å². The molecule has 3 aromatic rings. The Kier molecular flexibility index (Phi) is 6.17. The molecule has 0 fully saturated rings. The van der Waals surface area contributed by atoms with Gasteiger partial charge in [-0.1, -0.05) is 23.8 Å². The zero-order chi connectivity index (χ0) is 19.9. The number of rotatable bonds is 7. The molecular formula is C23H23NO4. The minimum Gasteiger partial charge on any atom is -0.497 e. The number of benzene rings is 2. The minimum absolute atomic E-state index is 0.392. The summed E-state index contributed by atoms with van der Waals surface area (Å²) in [6.45, 7) is 5.93. The molecule has 3 rings (SSSR count). The number of methoxy groups -OCH3 is 1. The quantitative estimate of drug-likeness (QED) is 0.474. The number of ether oxygens (including phenoxy) is 2. The van der Waals surface area contributed by atoms with Crippen LogP contribution in [0, 0.1) is 0 Å². The van der Waals surface area contributed by atoms with Gasteiger partial charge in [0, 0.05) is 5.69 Å². The van der Waals surface area contributed by atoms with Gasteiger partial charge in [-0.25, -0.2) is 4.79 Å². The van der Waals surface area contributed by atoms with E-state index in [0.29, 0.717) is 29.4 Å². The average Bonchev–Trinajstić information content (AvgIpc) is 3.23. The predicted octanol–water partition coefficient (Wildman–Crippen LogP) is 6.00. The lowest BCUT2D eigenvalue weighted by Gasteiger charge is -2.30. The molecule has 0 radical (unpaired) electrons. The Bertz CT molecular complexity index is 902. The Labute approximate surface area is 164 Å². The second-order valence-electron chi connectivity index (χ2n) is 6.44. The molecule has 0 saturated heterocycles. The number of carbonyl (C=O) groups is 1. The highest BCUT2D eigenvalue weighted by Crippen LogP contribution is 2.34. The summed E-state index contributed by atoms with van der Waals surface area (Å²) in [7, 11) is 1.60. The van der Waals surface area contributed by atoms with Crippen molar-refractivity contribution >= 4 is 11.8 Å². The van der Waals surface area contributed by atoms with Crippen molar-refractivity contribution in [2.75, 3.05) is 12.0 Å². The van der Waals surface area contributed by atoms with Gasteiger partial charge in [-0.05, 0) is 61.9 Å². The summed E-state index contributed by atoms with van der Waals surface area (Å²) in [5.41, 5.74) is 1.59. The number of amides is 1. The molecule has 5 nitrogen and oxygen atoms in total. The summed E-state index contributed by atoms with van der Waals surface area (Å²) >= 11 is 0. The molecule has 0 aliphatic heterocycles. The summed E-state index contributed by atoms with van der Waals surface area (Å²) in [5, 5.41) is 0. The Morgan fingerprint density at radius 1 is 1.04 bits per heavy atom. The van der Waals surface area contributed by atoms with Gasteiger partial charge in [-0.3, -0.25) is 4.90 Å². The molecular weight excluding hydrogens is 354 g/mol. The van der Waals surface area contributed by atoms with Gasteiger partial charge >= 0.3 is 6.09 Å². The van der Waals surface area contributed by atoms with Crippen molar-refractivity contribution in [3.63, 3.8) is 0 Å². The van der Waals surface area contributed by atoms with E-state index in [-0.39, 0.29) is 0 Å². The molecule has 0 N–H and O–H groups in total. The van der Waals surface area contributed by atoms with Crippen LogP contribution >= 0.6 is 0 Å². The van der Waals surface area contributed by atoms with Crippen LogP contribution < -0.4 is 14.4 Å². The molecule has 1 heterocycles. The number of hydrogen-bond donors (Lipinski definition) is 0. The third-order valence-electron chi connectivity index (χ3n) is 4.22. The second-order valence-corrected chi connectivity index (χ2v) is 6.44. The monoisotopic (exact) mass is 377 g/mol. The predicted molar refractivity (Wildman–Crippen MR) is 109 cm³/mol. The zero-order valence-corrected chi connectivity index (χ0v) is 16.0. The van der Waals surface area contributed by atoms with E-state index in [1.165, 1.54) is 0 Å². The van der Waals surface area contributed by atoms with E-state index in [0.717, 1.165) is 5.57 Å². The lowest BCUT2D eigenvalue weighted by Crippen LogP contribution is -2.37. The lowest BCUT2D eigenvalue weighted by molar-refractivity contribution is 0.203. The molecule has 0 spiro atoms. The topological polar surface area (TPSA) is 51.9 Å². The van der Waals surface area contributed by atoms with Crippen LogP contribution in [-0.4, -0.2) is 13.2 Å². The Morgan fingerprint density at radius 2 is 1.75 bits per heavy atom. The molecule has 28 heavy (non-hydrogen) atoms. The highest BCUT2D eigenvalue weighted by Gasteiger charge is 2.30.